The molecule has 1 aromatic carbocycles. The van der Waals surface area contributed by atoms with E-state index in [4.69, 9.17) is 0 Å². The average molecular weight is 196 g/mol. The molecule has 1 radical (unpaired) electrons. The third-order valence-corrected chi connectivity index (χ3v) is 1.71. The van der Waals surface area contributed by atoms with E-state index >= 15 is 0 Å². The molecule has 0 nitrogen and oxygen atoms in total. The SMILES string of the molecule is [CH2]/C=C/c1ccc(Br)cc1. The van der Waals surface area contributed by atoms with Crippen LogP contribution in [0.4, 0.5) is 0 Å². The first-order valence-electron chi connectivity index (χ1n) is 3.04. The molecule has 0 atom stereocenters. The summed E-state index contributed by atoms with van der Waals surface area (Å²) < 4.78 is 1.11. The predicted molar refractivity (Wildman–Crippen MR) is 48.5 cm³/mol. The van der Waals surface area contributed by atoms with Crippen LogP contribution in [-0.4, -0.2) is 0 Å². The van der Waals surface area contributed by atoms with Gasteiger partial charge in [0.25, 0.3) is 0 Å². The third-order valence-electron chi connectivity index (χ3n) is 1.18. The Labute approximate surface area is 69.7 Å². The van der Waals surface area contributed by atoms with E-state index in [0.717, 1.165) is 4.47 Å². The molecule has 0 N–H and O–H groups in total. The van der Waals surface area contributed by atoms with Crippen molar-refractivity contribution in [3.8, 4) is 0 Å². The second kappa shape index (κ2) is 3.57. The van der Waals surface area contributed by atoms with Gasteiger partial charge in [0.15, 0.2) is 0 Å². The van der Waals surface area contributed by atoms with Crippen molar-refractivity contribution in [3.63, 3.8) is 0 Å². The van der Waals surface area contributed by atoms with Gasteiger partial charge >= 0.3 is 0 Å². The van der Waals surface area contributed by atoms with Crippen molar-refractivity contribution in [2.75, 3.05) is 0 Å². The predicted octanol–water partition coefficient (Wildman–Crippen LogP) is 3.30. The van der Waals surface area contributed by atoms with E-state index in [1.165, 1.54) is 5.56 Å². The Hall–Kier alpha value is -0.560. The lowest BCUT2D eigenvalue weighted by molar-refractivity contribution is 1.61. The van der Waals surface area contributed by atoms with Gasteiger partial charge in [-0.05, 0) is 24.6 Å². The molecule has 0 fully saturated rings. The standard InChI is InChI=1S/C9H8Br/c1-2-3-8-4-6-9(10)7-5-8/h2-7H,1H2/b3-2+. The van der Waals surface area contributed by atoms with Gasteiger partial charge in [0.2, 0.25) is 0 Å². The van der Waals surface area contributed by atoms with E-state index in [0.29, 0.717) is 0 Å². The minimum Gasteiger partial charge on any atom is -0.0836 e. The number of benzene rings is 1. The number of hydrogen-bond acceptors (Lipinski definition) is 0. The quantitative estimate of drug-likeness (QED) is 0.646. The van der Waals surface area contributed by atoms with E-state index in [1.54, 1.807) is 6.08 Å². The van der Waals surface area contributed by atoms with Gasteiger partial charge in [-0.3, -0.25) is 0 Å². The Morgan fingerprint density at radius 2 is 1.80 bits per heavy atom. The summed E-state index contributed by atoms with van der Waals surface area (Å²) >= 11 is 3.36. The van der Waals surface area contributed by atoms with Gasteiger partial charge in [0.1, 0.15) is 0 Å². The molecule has 1 aromatic rings. The Bertz CT molecular complexity index is 221. The summed E-state index contributed by atoms with van der Waals surface area (Å²) in [5.74, 6) is 0. The first kappa shape index (κ1) is 7.55. The second-order valence-electron chi connectivity index (χ2n) is 1.95. The summed E-state index contributed by atoms with van der Waals surface area (Å²) in [5.41, 5.74) is 1.18. The molecule has 0 aliphatic carbocycles. The van der Waals surface area contributed by atoms with Gasteiger partial charge in [-0.25, -0.2) is 0 Å². The Balaban J connectivity index is 2.89. The van der Waals surface area contributed by atoms with Crippen molar-refractivity contribution in [3.05, 3.63) is 47.3 Å². The molecule has 0 saturated carbocycles. The number of rotatable bonds is 1. The Kier molecular flexibility index (Phi) is 2.69. The van der Waals surface area contributed by atoms with Crippen LogP contribution in [0.1, 0.15) is 5.56 Å². The van der Waals surface area contributed by atoms with Crippen LogP contribution in [0.2, 0.25) is 0 Å². The summed E-state index contributed by atoms with van der Waals surface area (Å²) in [6, 6.07) is 8.09. The number of halogens is 1. The maximum absolute atomic E-state index is 3.61. The van der Waals surface area contributed by atoms with Crippen molar-refractivity contribution >= 4 is 22.0 Å². The van der Waals surface area contributed by atoms with Crippen LogP contribution in [0.15, 0.2) is 34.8 Å². The van der Waals surface area contributed by atoms with E-state index in [2.05, 4.69) is 22.9 Å². The fraction of sp³-hybridized carbons (Fsp3) is 0. The molecule has 10 heavy (non-hydrogen) atoms. The average Bonchev–Trinajstić information content (AvgIpc) is 1.95. The van der Waals surface area contributed by atoms with E-state index in [-0.39, 0.29) is 0 Å². The van der Waals surface area contributed by atoms with Crippen LogP contribution < -0.4 is 0 Å². The molecular weight excluding hydrogens is 188 g/mol. The zero-order valence-electron chi connectivity index (χ0n) is 5.55. The van der Waals surface area contributed by atoms with Crippen molar-refractivity contribution in [1.82, 2.24) is 0 Å². The van der Waals surface area contributed by atoms with Gasteiger partial charge in [-0.1, -0.05) is 40.2 Å². The van der Waals surface area contributed by atoms with Gasteiger partial charge in [0.05, 0.1) is 0 Å². The van der Waals surface area contributed by atoms with Crippen LogP contribution in [0, 0.1) is 6.92 Å². The molecule has 0 unspecified atom stereocenters. The Morgan fingerprint density at radius 1 is 1.20 bits per heavy atom. The zero-order chi connectivity index (χ0) is 7.40. The summed E-state index contributed by atoms with van der Waals surface area (Å²) in [4.78, 5) is 0. The number of hydrogen-bond donors (Lipinski definition) is 0. The molecule has 0 aliphatic rings. The van der Waals surface area contributed by atoms with Crippen molar-refractivity contribution < 1.29 is 0 Å². The normalized spacial score (nSPS) is 10.6. The lowest BCUT2D eigenvalue weighted by Gasteiger charge is -1.91. The third kappa shape index (κ3) is 1.99. The molecule has 0 aliphatic heterocycles. The summed E-state index contributed by atoms with van der Waals surface area (Å²) in [6.07, 6.45) is 3.75. The lowest BCUT2D eigenvalue weighted by atomic mass is 10.2. The Morgan fingerprint density at radius 3 is 2.30 bits per heavy atom. The zero-order valence-corrected chi connectivity index (χ0v) is 7.14. The minimum absolute atomic E-state index is 1.11. The van der Waals surface area contributed by atoms with Crippen LogP contribution in [0.25, 0.3) is 6.08 Å². The number of allylic oxidation sites excluding steroid dienone is 1. The van der Waals surface area contributed by atoms with Crippen LogP contribution in [-0.2, 0) is 0 Å². The maximum Gasteiger partial charge on any atom is 0.0175 e. The van der Waals surface area contributed by atoms with E-state index in [9.17, 15) is 0 Å². The summed E-state index contributed by atoms with van der Waals surface area (Å²) in [7, 11) is 0. The topological polar surface area (TPSA) is 0 Å². The van der Waals surface area contributed by atoms with Crippen molar-refractivity contribution in [1.29, 1.82) is 0 Å². The minimum atomic E-state index is 1.11. The highest BCUT2D eigenvalue weighted by atomic mass is 79.9. The summed E-state index contributed by atoms with van der Waals surface area (Å²) in [5, 5.41) is 0. The molecule has 0 bridgehead atoms. The highest BCUT2D eigenvalue weighted by Crippen LogP contribution is 2.10. The first-order valence-corrected chi connectivity index (χ1v) is 3.83. The van der Waals surface area contributed by atoms with Gasteiger partial charge in [0, 0.05) is 4.47 Å². The second-order valence-corrected chi connectivity index (χ2v) is 2.87. The van der Waals surface area contributed by atoms with E-state index in [1.807, 2.05) is 30.3 Å². The largest absolute Gasteiger partial charge is 0.0836 e. The van der Waals surface area contributed by atoms with Crippen LogP contribution in [0.5, 0.6) is 0 Å². The van der Waals surface area contributed by atoms with Gasteiger partial charge < -0.3 is 0 Å². The lowest BCUT2D eigenvalue weighted by Crippen LogP contribution is -1.68. The van der Waals surface area contributed by atoms with Crippen LogP contribution >= 0.6 is 15.9 Å². The summed E-state index contributed by atoms with van der Waals surface area (Å²) in [6.45, 7) is 3.61. The monoisotopic (exact) mass is 195 g/mol. The molecule has 1 rings (SSSR count). The fourth-order valence-electron chi connectivity index (χ4n) is 0.710. The highest BCUT2D eigenvalue weighted by Gasteiger charge is 1.84. The molecule has 0 heterocycles. The van der Waals surface area contributed by atoms with Gasteiger partial charge in [-0.2, -0.15) is 0 Å². The highest BCUT2D eigenvalue weighted by molar-refractivity contribution is 9.10. The smallest absolute Gasteiger partial charge is 0.0175 e. The molecular formula is C9H8Br. The van der Waals surface area contributed by atoms with Crippen molar-refractivity contribution in [2.24, 2.45) is 0 Å². The molecule has 0 spiro atoms. The first-order chi connectivity index (χ1) is 4.83. The molecule has 1 heteroatoms. The van der Waals surface area contributed by atoms with Gasteiger partial charge in [-0.15, -0.1) is 0 Å². The fourth-order valence-corrected chi connectivity index (χ4v) is 0.974. The molecule has 0 saturated heterocycles. The van der Waals surface area contributed by atoms with E-state index < -0.39 is 0 Å². The van der Waals surface area contributed by atoms with Crippen molar-refractivity contribution in [2.45, 2.75) is 0 Å². The van der Waals surface area contributed by atoms with Crippen LogP contribution in [0.3, 0.4) is 0 Å². The molecule has 51 valence electrons. The molecule has 0 amide bonds. The maximum atomic E-state index is 3.61. The molecule has 0 aromatic heterocycles.